The molecule has 160 valence electrons. The maximum absolute atomic E-state index is 13.0. The first kappa shape index (κ1) is 20.7. The molecule has 2 unspecified atom stereocenters. The lowest BCUT2D eigenvalue weighted by molar-refractivity contribution is -0.132. The maximum Gasteiger partial charge on any atom is 0.344 e. The number of rotatable bonds is 4. The molecule has 9 nitrogen and oxygen atoms in total. The van der Waals surface area contributed by atoms with Crippen LogP contribution in [0.25, 0.3) is 0 Å². The second-order valence-corrected chi connectivity index (χ2v) is 8.71. The molecular weight excluding hydrogens is 420 g/mol. The zero-order chi connectivity index (χ0) is 22.3. The quantitative estimate of drug-likeness (QED) is 0.628. The van der Waals surface area contributed by atoms with E-state index < -0.39 is 23.4 Å². The number of imide groups is 1. The lowest BCUT2D eigenvalue weighted by Gasteiger charge is -2.23. The van der Waals surface area contributed by atoms with Crippen molar-refractivity contribution in [3.63, 3.8) is 0 Å². The van der Waals surface area contributed by atoms with Crippen LogP contribution in [0.3, 0.4) is 0 Å². The van der Waals surface area contributed by atoms with E-state index in [9.17, 15) is 19.2 Å². The van der Waals surface area contributed by atoms with Crippen LogP contribution < -0.4 is 20.8 Å². The molecule has 2 aromatic rings. The van der Waals surface area contributed by atoms with Gasteiger partial charge in [-0.25, -0.2) is 4.79 Å². The molecule has 2 heterocycles. The zero-order valence-corrected chi connectivity index (χ0v) is 17.8. The summed E-state index contributed by atoms with van der Waals surface area (Å²) < 4.78 is 5.12. The van der Waals surface area contributed by atoms with Gasteiger partial charge in [0.15, 0.2) is 0 Å². The van der Waals surface area contributed by atoms with Gasteiger partial charge in [-0.3, -0.25) is 19.8 Å². The number of carbonyl (C=O) groups is 4. The highest BCUT2D eigenvalue weighted by Gasteiger charge is 2.50. The number of benzene rings is 2. The Kier molecular flexibility index (Phi) is 5.10. The van der Waals surface area contributed by atoms with Crippen LogP contribution in [0.15, 0.2) is 47.4 Å². The first-order chi connectivity index (χ1) is 14.7. The van der Waals surface area contributed by atoms with Crippen LogP contribution in [0.5, 0.6) is 5.75 Å². The molecule has 2 aliphatic rings. The van der Waals surface area contributed by atoms with Crippen molar-refractivity contribution in [2.45, 2.75) is 29.5 Å². The van der Waals surface area contributed by atoms with Crippen LogP contribution in [-0.4, -0.2) is 41.1 Å². The summed E-state index contributed by atoms with van der Waals surface area (Å²) in [5, 5.41) is 5.81. The molecule has 0 bridgehead atoms. The van der Waals surface area contributed by atoms with E-state index in [2.05, 4.69) is 16.1 Å². The molecule has 0 saturated carbocycles. The molecule has 10 heteroatoms. The molecule has 0 aromatic heterocycles. The molecule has 1 fully saturated rings. The Morgan fingerprint density at radius 3 is 2.55 bits per heavy atom. The number of methoxy groups -OCH3 is 1. The van der Waals surface area contributed by atoms with Crippen LogP contribution in [-0.2, 0) is 15.1 Å². The summed E-state index contributed by atoms with van der Waals surface area (Å²) in [6, 6.07) is 10.8. The average Bonchev–Trinajstić information content (AvgIpc) is 2.98. The van der Waals surface area contributed by atoms with Crippen LogP contribution in [0, 0.1) is 0 Å². The fraction of sp³-hybridized carbons (Fsp3) is 0.238. The predicted molar refractivity (Wildman–Crippen MR) is 114 cm³/mol. The van der Waals surface area contributed by atoms with Crippen LogP contribution >= 0.6 is 11.8 Å². The Morgan fingerprint density at radius 1 is 1.16 bits per heavy atom. The lowest BCUT2D eigenvalue weighted by atomic mass is 9.92. The number of fused-ring (bicyclic) bond motifs is 1. The van der Waals surface area contributed by atoms with E-state index in [1.54, 1.807) is 50.2 Å². The summed E-state index contributed by atoms with van der Waals surface area (Å²) >= 11 is 1.39. The molecule has 5 amide bonds. The third-order valence-corrected chi connectivity index (χ3v) is 6.42. The maximum atomic E-state index is 13.0. The minimum absolute atomic E-state index is 0.153. The summed E-state index contributed by atoms with van der Waals surface area (Å²) in [5.74, 6) is -0.810. The van der Waals surface area contributed by atoms with E-state index in [1.165, 1.54) is 24.9 Å². The fourth-order valence-corrected chi connectivity index (χ4v) is 4.31. The average molecular weight is 440 g/mol. The van der Waals surface area contributed by atoms with Crippen molar-refractivity contribution in [3.05, 3.63) is 53.6 Å². The van der Waals surface area contributed by atoms with Gasteiger partial charge < -0.3 is 15.4 Å². The van der Waals surface area contributed by atoms with Gasteiger partial charge in [0.25, 0.3) is 11.8 Å². The summed E-state index contributed by atoms with van der Waals surface area (Å²) in [5.41, 5.74) is 2.28. The van der Waals surface area contributed by atoms with Crippen molar-refractivity contribution >= 4 is 41.2 Å². The van der Waals surface area contributed by atoms with Gasteiger partial charge in [0, 0.05) is 10.5 Å². The number of carbonyl (C=O) groups excluding carboxylic acids is 4. The molecule has 31 heavy (non-hydrogen) atoms. The second kappa shape index (κ2) is 7.62. The molecular formula is C21H20N4O5S. The van der Waals surface area contributed by atoms with Crippen LogP contribution in [0.1, 0.15) is 29.8 Å². The van der Waals surface area contributed by atoms with Gasteiger partial charge >= 0.3 is 6.03 Å². The second-order valence-electron chi connectivity index (χ2n) is 7.33. The van der Waals surface area contributed by atoms with E-state index in [1.807, 2.05) is 0 Å². The largest absolute Gasteiger partial charge is 0.497 e. The van der Waals surface area contributed by atoms with Crippen molar-refractivity contribution in [1.29, 1.82) is 0 Å². The summed E-state index contributed by atoms with van der Waals surface area (Å²) in [6.07, 6.45) is 0. The number of ether oxygens (including phenoxy) is 1. The predicted octanol–water partition coefficient (Wildman–Crippen LogP) is 2.24. The zero-order valence-electron chi connectivity index (χ0n) is 17.0. The SMILES string of the molecule is COc1ccc(C2(C)NC(=O)N(NC(=O)c3ccc4c(c3)NC(=O)C(C)S4)C2=O)cc1. The molecule has 2 aliphatic heterocycles. The highest BCUT2D eigenvalue weighted by atomic mass is 32.2. The minimum atomic E-state index is -1.34. The highest BCUT2D eigenvalue weighted by molar-refractivity contribution is 8.00. The van der Waals surface area contributed by atoms with E-state index >= 15 is 0 Å². The fourth-order valence-electron chi connectivity index (χ4n) is 3.38. The number of thioether (sulfide) groups is 1. The Labute approximate surface area is 182 Å². The van der Waals surface area contributed by atoms with Gasteiger partial charge in [0.2, 0.25) is 5.91 Å². The van der Waals surface area contributed by atoms with Gasteiger partial charge in [-0.15, -0.1) is 11.8 Å². The molecule has 2 aromatic carbocycles. The first-order valence-corrected chi connectivity index (χ1v) is 10.3. The van der Waals surface area contributed by atoms with Crippen molar-refractivity contribution in [1.82, 2.24) is 15.8 Å². The Hall–Kier alpha value is -3.53. The number of hydrogen-bond acceptors (Lipinski definition) is 6. The summed E-state index contributed by atoms with van der Waals surface area (Å²) in [4.78, 5) is 51.0. The monoisotopic (exact) mass is 440 g/mol. The minimum Gasteiger partial charge on any atom is -0.497 e. The van der Waals surface area contributed by atoms with Crippen molar-refractivity contribution < 1.29 is 23.9 Å². The number of hydrazine groups is 1. The van der Waals surface area contributed by atoms with Gasteiger partial charge in [0.1, 0.15) is 11.3 Å². The van der Waals surface area contributed by atoms with Gasteiger partial charge in [-0.05, 0) is 49.7 Å². The summed E-state index contributed by atoms with van der Waals surface area (Å²) in [7, 11) is 1.53. The Bertz CT molecular complexity index is 1100. The number of amides is 5. The summed E-state index contributed by atoms with van der Waals surface area (Å²) in [6.45, 7) is 3.36. The van der Waals surface area contributed by atoms with Gasteiger partial charge in [-0.1, -0.05) is 12.1 Å². The molecule has 0 spiro atoms. The van der Waals surface area contributed by atoms with E-state index in [0.29, 0.717) is 22.0 Å². The standard InChI is InChI=1S/C21H20N4O5S/c1-11-17(26)22-15-10-12(4-9-16(15)31-11)18(27)24-25-19(28)21(2,23-20(25)29)13-5-7-14(30-3)8-6-13/h4-11H,1-3H3,(H,22,26)(H,23,29)(H,24,27). The third-order valence-electron chi connectivity index (χ3n) is 5.24. The Morgan fingerprint density at radius 2 is 1.87 bits per heavy atom. The molecule has 2 atom stereocenters. The molecule has 4 rings (SSSR count). The molecule has 1 saturated heterocycles. The normalized spacial score (nSPS) is 22.5. The number of anilines is 1. The first-order valence-electron chi connectivity index (χ1n) is 9.46. The van der Waals surface area contributed by atoms with Gasteiger partial charge in [-0.2, -0.15) is 5.01 Å². The van der Waals surface area contributed by atoms with E-state index in [0.717, 1.165) is 4.90 Å². The molecule has 3 N–H and O–H groups in total. The number of nitrogens with one attached hydrogen (secondary N) is 3. The number of nitrogens with zero attached hydrogens (tertiary/aromatic N) is 1. The smallest absolute Gasteiger partial charge is 0.344 e. The highest BCUT2D eigenvalue weighted by Crippen LogP contribution is 2.36. The lowest BCUT2D eigenvalue weighted by Crippen LogP contribution is -2.47. The molecule has 0 radical (unpaired) electrons. The topological polar surface area (TPSA) is 117 Å². The van der Waals surface area contributed by atoms with E-state index in [4.69, 9.17) is 4.74 Å². The van der Waals surface area contributed by atoms with Gasteiger partial charge in [0.05, 0.1) is 18.0 Å². The molecule has 0 aliphatic carbocycles. The number of urea groups is 1. The number of hydrogen-bond donors (Lipinski definition) is 3. The Balaban J connectivity index is 1.53. The van der Waals surface area contributed by atoms with Crippen molar-refractivity contribution in [3.8, 4) is 5.75 Å². The van der Waals surface area contributed by atoms with Crippen molar-refractivity contribution in [2.75, 3.05) is 12.4 Å². The van der Waals surface area contributed by atoms with Crippen LogP contribution in [0.2, 0.25) is 0 Å². The van der Waals surface area contributed by atoms with Crippen molar-refractivity contribution in [2.24, 2.45) is 0 Å². The van der Waals surface area contributed by atoms with Crippen LogP contribution in [0.4, 0.5) is 10.5 Å². The third kappa shape index (κ3) is 3.59. The van der Waals surface area contributed by atoms with E-state index in [-0.39, 0.29) is 16.7 Å².